The summed E-state index contributed by atoms with van der Waals surface area (Å²) in [7, 11) is 4.44. The van der Waals surface area contributed by atoms with Crippen LogP contribution in [0, 0.1) is 0 Å². The van der Waals surface area contributed by atoms with Crippen LogP contribution < -0.4 is 11.2 Å². The maximum absolute atomic E-state index is 13.7. The van der Waals surface area contributed by atoms with Gasteiger partial charge in [0.05, 0.1) is 35.1 Å². The monoisotopic (exact) mass is 525 g/mol. The number of aromatic nitrogens is 6. The molecule has 202 valence electrons. The van der Waals surface area contributed by atoms with E-state index < -0.39 is 29.0 Å². The van der Waals surface area contributed by atoms with Gasteiger partial charge in [0.1, 0.15) is 19.0 Å². The number of ether oxygens (including phenoxy) is 1. The van der Waals surface area contributed by atoms with Gasteiger partial charge in [-0.1, -0.05) is 12.1 Å². The molecule has 0 bridgehead atoms. The average Bonchev–Trinajstić information content (AvgIpc) is 3.42. The number of imidazole rings is 2. The van der Waals surface area contributed by atoms with E-state index in [9.17, 15) is 24.6 Å². The van der Waals surface area contributed by atoms with Crippen LogP contribution in [0.2, 0.25) is 0 Å². The largest absolute Gasteiger partial charge is 0.391 e. The number of carbonyl (C=O) groups is 1. The summed E-state index contributed by atoms with van der Waals surface area (Å²) in [5.74, 6) is 0.294. The summed E-state index contributed by atoms with van der Waals surface area (Å²) in [5.41, 5.74) is -0.769. The van der Waals surface area contributed by atoms with Crippen molar-refractivity contribution in [2.75, 3.05) is 20.2 Å². The Hall–Kier alpha value is -3.81. The van der Waals surface area contributed by atoms with Crippen molar-refractivity contribution in [2.45, 2.75) is 44.2 Å². The molecule has 4 aromatic rings. The average molecular weight is 526 g/mol. The van der Waals surface area contributed by atoms with Gasteiger partial charge in [-0.2, -0.15) is 0 Å². The third kappa shape index (κ3) is 4.22. The highest BCUT2D eigenvalue weighted by Crippen LogP contribution is 2.33. The summed E-state index contributed by atoms with van der Waals surface area (Å²) in [4.78, 5) is 49.5. The molecule has 0 unspecified atom stereocenters. The van der Waals surface area contributed by atoms with Crippen LogP contribution in [0.1, 0.15) is 25.2 Å². The molecule has 0 spiro atoms. The number of methoxy groups -OCH3 is 1. The predicted octanol–water partition coefficient (Wildman–Crippen LogP) is -0.485. The van der Waals surface area contributed by atoms with Crippen molar-refractivity contribution in [3.8, 4) is 0 Å². The van der Waals surface area contributed by atoms with Crippen molar-refractivity contribution >= 4 is 28.1 Å². The van der Waals surface area contributed by atoms with Crippen LogP contribution in [-0.4, -0.2) is 81.2 Å². The summed E-state index contributed by atoms with van der Waals surface area (Å²) in [6, 6.07) is 6.64. The Morgan fingerprint density at radius 1 is 1.18 bits per heavy atom. The third-order valence-corrected chi connectivity index (χ3v) is 7.35. The fraction of sp³-hybridized carbons (Fsp3) is 0.480. The quantitative estimate of drug-likeness (QED) is 0.355. The third-order valence-electron chi connectivity index (χ3n) is 7.35. The highest BCUT2D eigenvalue weighted by molar-refractivity contribution is 5.81. The summed E-state index contributed by atoms with van der Waals surface area (Å²) in [5, 5.41) is 22.2. The maximum atomic E-state index is 13.7. The normalized spacial score (nSPS) is 22.3. The first-order chi connectivity index (χ1) is 18.0. The van der Waals surface area contributed by atoms with Crippen molar-refractivity contribution in [3.63, 3.8) is 0 Å². The minimum Gasteiger partial charge on any atom is -0.391 e. The van der Waals surface area contributed by atoms with Gasteiger partial charge in [0, 0.05) is 40.7 Å². The van der Waals surface area contributed by atoms with Gasteiger partial charge in [-0.15, -0.1) is 0 Å². The fourth-order valence-electron chi connectivity index (χ4n) is 5.38. The van der Waals surface area contributed by atoms with Crippen LogP contribution in [0.5, 0.6) is 0 Å². The molecule has 0 saturated carbocycles. The molecule has 1 aromatic carbocycles. The van der Waals surface area contributed by atoms with E-state index in [1.807, 2.05) is 24.3 Å². The molecular formula is C25H31N7O6. The van der Waals surface area contributed by atoms with Gasteiger partial charge < -0.3 is 29.0 Å². The Morgan fingerprint density at radius 2 is 1.92 bits per heavy atom. The van der Waals surface area contributed by atoms with Crippen LogP contribution in [0.4, 0.5) is 0 Å². The van der Waals surface area contributed by atoms with Crippen LogP contribution in [0.3, 0.4) is 0 Å². The van der Waals surface area contributed by atoms with E-state index in [-0.39, 0.29) is 49.7 Å². The zero-order valence-corrected chi connectivity index (χ0v) is 21.7. The number of hydrogen-bond acceptors (Lipinski definition) is 8. The lowest BCUT2D eigenvalue weighted by Gasteiger charge is -2.34. The van der Waals surface area contributed by atoms with Crippen LogP contribution in [0.15, 0.2) is 40.2 Å². The molecule has 5 rings (SSSR count). The number of fused-ring (bicyclic) bond motifs is 2. The number of carbonyl (C=O) groups excluding carboxylic acids is 1. The van der Waals surface area contributed by atoms with E-state index in [2.05, 4.69) is 9.97 Å². The molecule has 1 aliphatic rings. The SMILES string of the molecule is COCc1nc2ccccc2n1CC(=O)N1C[C@H](O)C[C@](C)(O)[C@@H](n2cnc3c2c(=O)n(C)c(=O)n3C)C1. The predicted molar refractivity (Wildman–Crippen MR) is 138 cm³/mol. The van der Waals surface area contributed by atoms with E-state index in [0.29, 0.717) is 5.82 Å². The van der Waals surface area contributed by atoms with Gasteiger partial charge in [0.2, 0.25) is 5.91 Å². The Bertz CT molecular complexity index is 1650. The molecule has 13 heteroatoms. The Balaban J connectivity index is 1.55. The smallest absolute Gasteiger partial charge is 0.332 e. The zero-order chi connectivity index (χ0) is 27.4. The first-order valence-electron chi connectivity index (χ1n) is 12.3. The Labute approximate surface area is 217 Å². The van der Waals surface area contributed by atoms with Crippen molar-refractivity contribution in [1.29, 1.82) is 0 Å². The molecule has 0 radical (unpaired) electrons. The minimum absolute atomic E-state index is 0.000843. The number of likely N-dealkylation sites (tertiary alicyclic amines) is 1. The first kappa shape index (κ1) is 25.8. The summed E-state index contributed by atoms with van der Waals surface area (Å²) < 4.78 is 10.8. The molecule has 4 heterocycles. The molecule has 2 N–H and O–H groups in total. The summed E-state index contributed by atoms with van der Waals surface area (Å²) in [6.45, 7) is 1.73. The molecular weight excluding hydrogens is 494 g/mol. The maximum Gasteiger partial charge on any atom is 0.332 e. The van der Waals surface area contributed by atoms with Crippen molar-refractivity contribution in [1.82, 2.24) is 33.1 Å². The van der Waals surface area contributed by atoms with Gasteiger partial charge >= 0.3 is 5.69 Å². The molecule has 1 aliphatic heterocycles. The van der Waals surface area contributed by atoms with E-state index >= 15 is 0 Å². The molecule has 1 saturated heterocycles. The number of aryl methyl sites for hydroxylation is 1. The van der Waals surface area contributed by atoms with Crippen LogP contribution >= 0.6 is 0 Å². The summed E-state index contributed by atoms with van der Waals surface area (Å²) >= 11 is 0. The Kier molecular flexibility index (Phi) is 6.45. The topological polar surface area (TPSA) is 150 Å². The van der Waals surface area contributed by atoms with Crippen LogP contribution in [-0.2, 0) is 36.8 Å². The summed E-state index contributed by atoms with van der Waals surface area (Å²) in [6.07, 6.45) is 0.361. The molecule has 1 amide bonds. The zero-order valence-electron chi connectivity index (χ0n) is 21.7. The van der Waals surface area contributed by atoms with Crippen molar-refractivity contribution in [2.24, 2.45) is 14.1 Å². The number of aliphatic hydroxyl groups excluding tert-OH is 1. The number of para-hydroxylation sites is 2. The second-order valence-electron chi connectivity index (χ2n) is 10.1. The van der Waals surface area contributed by atoms with Gasteiger partial charge in [0.15, 0.2) is 11.2 Å². The van der Waals surface area contributed by atoms with E-state index in [1.54, 1.807) is 18.6 Å². The molecule has 3 aromatic heterocycles. The van der Waals surface area contributed by atoms with E-state index in [1.165, 1.54) is 34.5 Å². The molecule has 38 heavy (non-hydrogen) atoms. The lowest BCUT2D eigenvalue weighted by Crippen LogP contribution is -2.44. The molecule has 13 nitrogen and oxygen atoms in total. The first-order valence-corrected chi connectivity index (χ1v) is 12.3. The standard InChI is InChI=1S/C25H31N7O6/c1-25(37)9-15(33)10-30(20(34)12-31-17-8-6-5-7-16(17)27-19(31)13-38-4)11-18(25)32-14-26-22-21(32)23(35)29(3)24(36)28(22)2/h5-8,14-15,18,33,37H,9-13H2,1-4H3/t15-,18+,25+/m1/s1. The second-order valence-corrected chi connectivity index (χ2v) is 10.1. The molecule has 1 fully saturated rings. The van der Waals surface area contributed by atoms with Gasteiger partial charge in [0.25, 0.3) is 5.56 Å². The van der Waals surface area contributed by atoms with E-state index in [4.69, 9.17) is 4.74 Å². The highest BCUT2D eigenvalue weighted by atomic mass is 16.5. The number of β-amino-alcohol motifs (C(OH)–C–C–N with tert-alkyl or cyclic N) is 1. The van der Waals surface area contributed by atoms with Crippen molar-refractivity contribution < 1.29 is 19.7 Å². The Morgan fingerprint density at radius 3 is 2.66 bits per heavy atom. The number of amides is 1. The molecule has 3 atom stereocenters. The molecule has 0 aliphatic carbocycles. The second kappa shape index (κ2) is 9.49. The minimum atomic E-state index is -1.50. The van der Waals surface area contributed by atoms with Crippen LogP contribution in [0.25, 0.3) is 22.2 Å². The number of benzene rings is 1. The number of rotatable bonds is 5. The van der Waals surface area contributed by atoms with Crippen molar-refractivity contribution in [3.05, 3.63) is 57.3 Å². The lowest BCUT2D eigenvalue weighted by molar-refractivity contribution is -0.133. The van der Waals surface area contributed by atoms with Gasteiger partial charge in [-0.05, 0) is 19.1 Å². The number of aliphatic hydroxyl groups is 2. The highest BCUT2D eigenvalue weighted by Gasteiger charge is 2.42. The van der Waals surface area contributed by atoms with Gasteiger partial charge in [-0.25, -0.2) is 14.8 Å². The fourth-order valence-corrected chi connectivity index (χ4v) is 5.38. The number of hydrogen-bond donors (Lipinski definition) is 2. The number of nitrogens with zero attached hydrogens (tertiary/aromatic N) is 7. The van der Waals surface area contributed by atoms with Gasteiger partial charge in [-0.3, -0.25) is 18.7 Å². The van der Waals surface area contributed by atoms with E-state index in [0.717, 1.165) is 15.6 Å². The lowest BCUT2D eigenvalue weighted by atomic mass is 9.91.